The van der Waals surface area contributed by atoms with Crippen molar-refractivity contribution < 1.29 is 19.4 Å². The zero-order chi connectivity index (χ0) is 12.4. The molecule has 0 aromatic rings. The molecule has 96 valence electrons. The second-order valence-corrected chi connectivity index (χ2v) is 4.56. The number of methoxy groups -OCH3 is 1. The number of carboxylic acids is 1. The fourth-order valence-corrected chi connectivity index (χ4v) is 2.53. The number of carboxylic acid groups (broad SMARTS) is 1. The van der Waals surface area contributed by atoms with Gasteiger partial charge in [0.05, 0.1) is 6.10 Å². The minimum absolute atomic E-state index is 0.0878. The first kappa shape index (κ1) is 12.2. The number of ether oxygens (including phenoxy) is 1. The molecule has 0 radical (unpaired) electrons. The molecule has 2 aliphatic heterocycles. The Morgan fingerprint density at radius 3 is 2.65 bits per heavy atom. The molecule has 1 unspecified atom stereocenters. The van der Waals surface area contributed by atoms with Crippen LogP contribution in [0.5, 0.6) is 0 Å². The topological polar surface area (TPSA) is 70.1 Å². The summed E-state index contributed by atoms with van der Waals surface area (Å²) in [5.41, 5.74) is 0. The van der Waals surface area contributed by atoms with Crippen molar-refractivity contribution in [2.24, 2.45) is 0 Å². The van der Waals surface area contributed by atoms with Gasteiger partial charge >= 0.3 is 12.0 Å². The van der Waals surface area contributed by atoms with Crippen molar-refractivity contribution >= 4 is 12.0 Å². The Kier molecular flexibility index (Phi) is 3.51. The molecule has 2 amide bonds. The summed E-state index contributed by atoms with van der Waals surface area (Å²) in [6, 6.07) is -0.807. The normalized spacial score (nSPS) is 28.8. The highest BCUT2D eigenvalue weighted by molar-refractivity contribution is 5.83. The highest BCUT2D eigenvalue weighted by Crippen LogP contribution is 2.22. The second-order valence-electron chi connectivity index (χ2n) is 4.56. The number of carbonyl (C=O) groups excluding carboxylic acids is 1. The molecule has 0 aromatic carbocycles. The first-order valence-electron chi connectivity index (χ1n) is 5.94. The van der Waals surface area contributed by atoms with Crippen LogP contribution in [0.25, 0.3) is 0 Å². The molecule has 0 bridgehead atoms. The van der Waals surface area contributed by atoms with Gasteiger partial charge in [-0.2, -0.15) is 0 Å². The second kappa shape index (κ2) is 4.91. The average molecular weight is 242 g/mol. The molecule has 17 heavy (non-hydrogen) atoms. The van der Waals surface area contributed by atoms with Gasteiger partial charge in [-0.1, -0.05) is 0 Å². The van der Waals surface area contributed by atoms with Gasteiger partial charge in [0.25, 0.3) is 0 Å². The number of aliphatic carboxylic acids is 1. The summed E-state index contributed by atoms with van der Waals surface area (Å²) in [5.74, 6) is -0.904. The zero-order valence-corrected chi connectivity index (χ0v) is 9.96. The first-order chi connectivity index (χ1) is 8.13. The summed E-state index contributed by atoms with van der Waals surface area (Å²) in [7, 11) is 1.63. The van der Waals surface area contributed by atoms with Gasteiger partial charge in [-0.05, 0) is 19.3 Å². The molecule has 0 spiro atoms. The van der Waals surface area contributed by atoms with Gasteiger partial charge in [-0.25, -0.2) is 9.59 Å². The summed E-state index contributed by atoms with van der Waals surface area (Å²) < 4.78 is 5.20. The maximum atomic E-state index is 12.2. The molecular formula is C11H18N2O4. The Balaban J connectivity index is 1.98. The molecule has 0 aromatic heterocycles. The van der Waals surface area contributed by atoms with E-state index in [0.29, 0.717) is 26.1 Å². The summed E-state index contributed by atoms with van der Waals surface area (Å²) in [6.07, 6.45) is 2.24. The van der Waals surface area contributed by atoms with E-state index in [1.54, 1.807) is 12.0 Å². The molecule has 2 heterocycles. The number of nitrogens with zero attached hydrogens (tertiary/aromatic N) is 2. The van der Waals surface area contributed by atoms with Crippen molar-refractivity contribution in [3.8, 4) is 0 Å². The summed E-state index contributed by atoms with van der Waals surface area (Å²) >= 11 is 0. The SMILES string of the molecule is COC1CCN(C(=O)N2CCC[C@H]2C(=O)O)C1. The third-order valence-corrected chi connectivity index (χ3v) is 3.53. The van der Waals surface area contributed by atoms with Gasteiger partial charge in [-0.3, -0.25) is 0 Å². The molecule has 6 heteroatoms. The van der Waals surface area contributed by atoms with Gasteiger partial charge in [0.15, 0.2) is 0 Å². The zero-order valence-electron chi connectivity index (χ0n) is 9.96. The maximum absolute atomic E-state index is 12.2. The summed E-state index contributed by atoms with van der Waals surface area (Å²) in [6.45, 7) is 1.77. The Morgan fingerprint density at radius 1 is 1.29 bits per heavy atom. The molecule has 0 saturated carbocycles. The molecule has 1 N–H and O–H groups in total. The fourth-order valence-electron chi connectivity index (χ4n) is 2.53. The lowest BCUT2D eigenvalue weighted by Gasteiger charge is -2.27. The van der Waals surface area contributed by atoms with E-state index in [4.69, 9.17) is 9.84 Å². The van der Waals surface area contributed by atoms with E-state index in [-0.39, 0.29) is 12.1 Å². The Labute approximate surface area is 100 Å². The summed E-state index contributed by atoms with van der Waals surface area (Å²) in [5, 5.41) is 9.04. The van der Waals surface area contributed by atoms with Crippen LogP contribution >= 0.6 is 0 Å². The smallest absolute Gasteiger partial charge is 0.326 e. The minimum Gasteiger partial charge on any atom is -0.480 e. The Bertz CT molecular complexity index is 321. The van der Waals surface area contributed by atoms with Crippen molar-refractivity contribution in [1.29, 1.82) is 0 Å². The third-order valence-electron chi connectivity index (χ3n) is 3.53. The third kappa shape index (κ3) is 2.36. The lowest BCUT2D eigenvalue weighted by molar-refractivity contribution is -0.141. The number of hydrogen-bond acceptors (Lipinski definition) is 3. The highest BCUT2D eigenvalue weighted by atomic mass is 16.5. The number of urea groups is 1. The molecule has 2 fully saturated rings. The van der Waals surface area contributed by atoms with Crippen LogP contribution in [0.2, 0.25) is 0 Å². The monoisotopic (exact) mass is 242 g/mol. The largest absolute Gasteiger partial charge is 0.480 e. The van der Waals surface area contributed by atoms with Crippen LogP contribution in [0.4, 0.5) is 4.79 Å². The van der Waals surface area contributed by atoms with Crippen molar-refractivity contribution in [1.82, 2.24) is 9.80 Å². The Hall–Kier alpha value is -1.30. The van der Waals surface area contributed by atoms with Gasteiger partial charge in [0, 0.05) is 26.7 Å². The van der Waals surface area contributed by atoms with Gasteiger partial charge in [-0.15, -0.1) is 0 Å². The highest BCUT2D eigenvalue weighted by Gasteiger charge is 2.38. The van der Waals surface area contributed by atoms with E-state index in [0.717, 1.165) is 12.8 Å². The first-order valence-corrected chi connectivity index (χ1v) is 5.94. The van der Waals surface area contributed by atoms with E-state index in [1.165, 1.54) is 4.90 Å². The van der Waals surface area contributed by atoms with Gasteiger partial charge < -0.3 is 19.6 Å². The molecule has 2 aliphatic rings. The lowest BCUT2D eigenvalue weighted by atomic mass is 10.2. The average Bonchev–Trinajstić information content (AvgIpc) is 2.97. The molecule has 6 nitrogen and oxygen atoms in total. The van der Waals surface area contributed by atoms with E-state index in [1.807, 2.05) is 0 Å². The lowest BCUT2D eigenvalue weighted by Crippen LogP contribution is -2.47. The molecule has 0 aliphatic carbocycles. The molecule has 2 rings (SSSR count). The molecule has 2 saturated heterocycles. The number of carbonyl (C=O) groups is 2. The van der Waals surface area contributed by atoms with Crippen molar-refractivity contribution in [2.45, 2.75) is 31.4 Å². The van der Waals surface area contributed by atoms with Crippen LogP contribution < -0.4 is 0 Å². The number of amides is 2. The van der Waals surface area contributed by atoms with Crippen LogP contribution in [0.15, 0.2) is 0 Å². The minimum atomic E-state index is -0.904. The number of rotatable bonds is 2. The van der Waals surface area contributed by atoms with Crippen molar-refractivity contribution in [3.05, 3.63) is 0 Å². The van der Waals surface area contributed by atoms with Gasteiger partial charge in [0.2, 0.25) is 0 Å². The number of likely N-dealkylation sites (tertiary alicyclic amines) is 2. The van der Waals surface area contributed by atoms with E-state index in [9.17, 15) is 9.59 Å². The number of hydrogen-bond donors (Lipinski definition) is 1. The Morgan fingerprint density at radius 2 is 2.06 bits per heavy atom. The van der Waals surface area contributed by atoms with Crippen LogP contribution in [-0.2, 0) is 9.53 Å². The molecular weight excluding hydrogens is 224 g/mol. The molecule has 2 atom stereocenters. The van der Waals surface area contributed by atoms with Crippen LogP contribution in [0.1, 0.15) is 19.3 Å². The predicted octanol–water partition coefficient (Wildman–Crippen LogP) is 0.376. The van der Waals surface area contributed by atoms with Gasteiger partial charge in [0.1, 0.15) is 6.04 Å². The van der Waals surface area contributed by atoms with E-state index >= 15 is 0 Å². The van der Waals surface area contributed by atoms with E-state index in [2.05, 4.69) is 0 Å². The maximum Gasteiger partial charge on any atom is 0.326 e. The summed E-state index contributed by atoms with van der Waals surface area (Å²) in [4.78, 5) is 26.3. The standard InChI is InChI=1S/C11H18N2O4/c1-17-8-4-6-12(7-8)11(16)13-5-2-3-9(13)10(14)15/h8-9H,2-7H2,1H3,(H,14,15)/t8?,9-/m0/s1. The van der Waals surface area contributed by atoms with Crippen molar-refractivity contribution in [3.63, 3.8) is 0 Å². The van der Waals surface area contributed by atoms with Crippen LogP contribution in [0.3, 0.4) is 0 Å². The quantitative estimate of drug-likeness (QED) is 0.759. The predicted molar refractivity (Wildman–Crippen MR) is 59.7 cm³/mol. The fraction of sp³-hybridized carbons (Fsp3) is 0.818. The van der Waals surface area contributed by atoms with Crippen LogP contribution in [0, 0.1) is 0 Å². The van der Waals surface area contributed by atoms with Crippen LogP contribution in [-0.4, -0.2) is 65.8 Å². The van der Waals surface area contributed by atoms with Crippen molar-refractivity contribution in [2.75, 3.05) is 26.7 Å². The van der Waals surface area contributed by atoms with E-state index < -0.39 is 12.0 Å².